The number of terminal acetylenes is 1. The summed E-state index contributed by atoms with van der Waals surface area (Å²) in [4.78, 5) is 0. The molecule has 0 radical (unpaired) electrons. The lowest BCUT2D eigenvalue weighted by Gasteiger charge is -2.13. The molecule has 0 saturated carbocycles. The normalized spacial score (nSPS) is 11.6. The fraction of sp³-hybridized carbons (Fsp3) is 0.111. The van der Waals surface area contributed by atoms with Gasteiger partial charge in [-0.05, 0) is 103 Å². The van der Waals surface area contributed by atoms with E-state index in [9.17, 15) is 0 Å². The molecule has 7 rings (SSSR count). The van der Waals surface area contributed by atoms with Gasteiger partial charge in [-0.15, -0.1) is 23.7 Å². The summed E-state index contributed by atoms with van der Waals surface area (Å²) in [5.41, 5.74) is 14.0. The van der Waals surface area contributed by atoms with E-state index < -0.39 is 0 Å². The van der Waals surface area contributed by atoms with E-state index in [1.54, 1.807) is 13.0 Å². The Morgan fingerprint density at radius 2 is 1.36 bits per heavy atom. The maximum absolute atomic E-state index is 4.60. The van der Waals surface area contributed by atoms with Gasteiger partial charge in [-0.1, -0.05) is 188 Å². The van der Waals surface area contributed by atoms with Crippen LogP contribution in [0.1, 0.15) is 48.6 Å². The second-order valence-corrected chi connectivity index (χ2v) is 14.4. The Balaban J connectivity index is 0.000000518. The Morgan fingerprint density at radius 3 is 2.05 bits per heavy atom. The summed E-state index contributed by atoms with van der Waals surface area (Å²) in [5, 5.41) is 2.68. The molecule has 1 heteroatoms. The first kappa shape index (κ1) is 40.0. The zero-order valence-corrected chi connectivity index (χ0v) is 33.5. The quantitative estimate of drug-likeness (QED) is 0.102. The third kappa shape index (κ3) is 10.7. The molecule has 0 fully saturated rings. The average molecular weight is 731 g/mol. The van der Waals surface area contributed by atoms with Crippen LogP contribution < -0.4 is 0 Å². The molecule has 0 aliphatic heterocycles. The van der Waals surface area contributed by atoms with Gasteiger partial charge in [-0.25, -0.2) is 0 Å². The molecular weight excluding hydrogens is 681 g/mol. The summed E-state index contributed by atoms with van der Waals surface area (Å²) < 4.78 is 2.70. The smallest absolute Gasteiger partial charge is 0.0433 e. The molecule has 1 aromatic heterocycles. The molecule has 0 nitrogen and oxygen atoms in total. The summed E-state index contributed by atoms with van der Waals surface area (Å²) in [6.45, 7) is 13.8. The zero-order valence-electron chi connectivity index (χ0n) is 32.7. The van der Waals surface area contributed by atoms with E-state index in [1.165, 1.54) is 81.4 Å². The van der Waals surface area contributed by atoms with Crippen molar-refractivity contribution < 1.29 is 0 Å². The number of thiophene rings is 1. The van der Waals surface area contributed by atoms with Gasteiger partial charge in [0, 0.05) is 20.2 Å². The fourth-order valence-corrected chi connectivity index (χ4v) is 7.69. The van der Waals surface area contributed by atoms with Gasteiger partial charge in [0.2, 0.25) is 0 Å². The van der Waals surface area contributed by atoms with Gasteiger partial charge >= 0.3 is 0 Å². The Kier molecular flexibility index (Phi) is 14.8. The van der Waals surface area contributed by atoms with Gasteiger partial charge in [0.15, 0.2) is 0 Å². The zero-order chi connectivity index (χ0) is 39.0. The van der Waals surface area contributed by atoms with Crippen molar-refractivity contribution in [3.63, 3.8) is 0 Å². The van der Waals surface area contributed by atoms with Crippen molar-refractivity contribution in [2.24, 2.45) is 0 Å². The monoisotopic (exact) mass is 730 g/mol. The molecule has 0 spiro atoms. The highest BCUT2D eigenvalue weighted by atomic mass is 32.1. The number of benzene rings is 6. The number of fused-ring (bicyclic) bond motifs is 3. The first-order chi connectivity index (χ1) is 26.9. The van der Waals surface area contributed by atoms with Crippen molar-refractivity contribution in [3.8, 4) is 34.6 Å². The van der Waals surface area contributed by atoms with Crippen LogP contribution in [0.15, 0.2) is 189 Å². The molecule has 0 saturated heterocycles. The SMILES string of the molecule is C#CC.C/C(=C\C(=C/Cc1ccc(-c2ccccc2)cc1)c1ccc(-c2cccc3c2sc2ccccc23)cc1C)c1ccc(C)cc1.C=C/C=C\C=C/C. The number of allylic oxidation sites excluding steroid dienone is 9. The van der Waals surface area contributed by atoms with Crippen LogP contribution >= 0.6 is 11.3 Å². The molecule has 0 atom stereocenters. The van der Waals surface area contributed by atoms with Crippen LogP contribution in [-0.4, -0.2) is 0 Å². The highest BCUT2D eigenvalue weighted by Crippen LogP contribution is 2.40. The van der Waals surface area contributed by atoms with Crippen LogP contribution in [0.25, 0.3) is 53.6 Å². The van der Waals surface area contributed by atoms with E-state index in [-0.39, 0.29) is 0 Å². The minimum atomic E-state index is 0.865. The maximum Gasteiger partial charge on any atom is 0.0433 e. The fourth-order valence-electron chi connectivity index (χ4n) is 6.45. The van der Waals surface area contributed by atoms with E-state index >= 15 is 0 Å². The predicted octanol–water partition coefficient (Wildman–Crippen LogP) is 15.7. The van der Waals surface area contributed by atoms with Gasteiger partial charge in [0.05, 0.1) is 0 Å². The highest BCUT2D eigenvalue weighted by Gasteiger charge is 2.12. The lowest BCUT2D eigenvalue weighted by atomic mass is 9.92. The van der Waals surface area contributed by atoms with Crippen molar-refractivity contribution >= 4 is 42.7 Å². The summed E-state index contributed by atoms with van der Waals surface area (Å²) in [6, 6.07) is 50.9. The van der Waals surface area contributed by atoms with Crippen LogP contribution in [0, 0.1) is 26.2 Å². The van der Waals surface area contributed by atoms with Crippen LogP contribution in [0.5, 0.6) is 0 Å². The minimum absolute atomic E-state index is 0.865. The van der Waals surface area contributed by atoms with Crippen LogP contribution in [0.4, 0.5) is 0 Å². The summed E-state index contributed by atoms with van der Waals surface area (Å²) in [6.07, 6.45) is 19.7. The molecule has 6 aromatic carbocycles. The lowest BCUT2D eigenvalue weighted by Crippen LogP contribution is -1.92. The lowest BCUT2D eigenvalue weighted by molar-refractivity contribution is 1.27. The molecule has 0 aliphatic rings. The van der Waals surface area contributed by atoms with Crippen molar-refractivity contribution in [1.29, 1.82) is 0 Å². The maximum atomic E-state index is 4.60. The Hall–Kier alpha value is -6.20. The van der Waals surface area contributed by atoms with Gasteiger partial charge in [-0.3, -0.25) is 0 Å². The summed E-state index contributed by atoms with van der Waals surface area (Å²) >= 11 is 1.89. The molecule has 0 amide bonds. The van der Waals surface area contributed by atoms with E-state index in [4.69, 9.17) is 0 Å². The van der Waals surface area contributed by atoms with Crippen molar-refractivity contribution in [2.45, 2.75) is 41.0 Å². The molecule has 0 N–H and O–H groups in total. The predicted molar refractivity (Wildman–Crippen MR) is 247 cm³/mol. The highest BCUT2D eigenvalue weighted by molar-refractivity contribution is 7.26. The Morgan fingerprint density at radius 1 is 0.709 bits per heavy atom. The second-order valence-electron chi connectivity index (χ2n) is 13.4. The van der Waals surface area contributed by atoms with E-state index in [1.807, 2.05) is 42.6 Å². The second kappa shape index (κ2) is 20.3. The summed E-state index contributed by atoms with van der Waals surface area (Å²) in [5.74, 6) is 2.25. The summed E-state index contributed by atoms with van der Waals surface area (Å²) in [7, 11) is 0. The molecule has 7 aromatic rings. The van der Waals surface area contributed by atoms with Gasteiger partial charge in [0.25, 0.3) is 0 Å². The molecule has 0 bridgehead atoms. The third-order valence-electron chi connectivity index (χ3n) is 9.30. The van der Waals surface area contributed by atoms with Crippen LogP contribution in [0.3, 0.4) is 0 Å². The van der Waals surface area contributed by atoms with Crippen molar-refractivity contribution in [3.05, 3.63) is 216 Å². The Labute approximate surface area is 333 Å². The van der Waals surface area contributed by atoms with Crippen molar-refractivity contribution in [2.75, 3.05) is 0 Å². The third-order valence-corrected chi connectivity index (χ3v) is 10.5. The van der Waals surface area contributed by atoms with Gasteiger partial charge in [0.1, 0.15) is 0 Å². The standard InChI is InChI=1S/C44H36S.C7H10.C3H4/c1-30-16-21-34(22-17-30)31(2)28-37(25-20-33-18-23-36(24-19-33)35-10-5-4-6-11-35)39-27-26-38(29-32(39)3)40-13-9-14-42-41-12-7-8-15-43(41)45-44(40)42;1-3-5-7-6-4-2;1-3-2/h4-19,21-29H,20H2,1-3H3;3-7H,1H2,2H3;1H,2H3/b31-28+,37-25+;6-4-,7-5-;. The topological polar surface area (TPSA) is 0 Å². The average Bonchev–Trinajstić information content (AvgIpc) is 3.60. The Bertz CT molecular complexity index is 2490. The van der Waals surface area contributed by atoms with Gasteiger partial charge in [-0.2, -0.15) is 0 Å². The van der Waals surface area contributed by atoms with E-state index in [0.717, 1.165) is 6.42 Å². The van der Waals surface area contributed by atoms with Crippen LogP contribution in [0.2, 0.25) is 0 Å². The number of rotatable bonds is 9. The van der Waals surface area contributed by atoms with Gasteiger partial charge < -0.3 is 0 Å². The molecule has 1 heterocycles. The minimum Gasteiger partial charge on any atom is -0.135 e. The molecule has 0 unspecified atom stereocenters. The number of aryl methyl sites for hydroxylation is 2. The van der Waals surface area contributed by atoms with E-state index in [2.05, 4.69) is 191 Å². The van der Waals surface area contributed by atoms with Crippen LogP contribution in [-0.2, 0) is 6.42 Å². The molecule has 0 aliphatic carbocycles. The molecular formula is C54H50S. The van der Waals surface area contributed by atoms with Crippen molar-refractivity contribution in [1.82, 2.24) is 0 Å². The largest absolute Gasteiger partial charge is 0.135 e. The number of hydrogen-bond donors (Lipinski definition) is 0. The first-order valence-electron chi connectivity index (χ1n) is 18.8. The first-order valence-corrected chi connectivity index (χ1v) is 19.6. The van der Waals surface area contributed by atoms with E-state index in [0.29, 0.717) is 0 Å². The molecule has 55 heavy (non-hydrogen) atoms. The number of hydrogen-bond acceptors (Lipinski definition) is 1. The molecule has 272 valence electrons.